The number of hydrogen-bond donors (Lipinski definition) is 1. The Morgan fingerprint density at radius 3 is 2.69 bits per heavy atom. The molecule has 1 aliphatic rings. The topological polar surface area (TPSA) is 103 Å². The van der Waals surface area contributed by atoms with E-state index < -0.39 is 18.0 Å². The minimum absolute atomic E-state index is 0.187. The summed E-state index contributed by atoms with van der Waals surface area (Å²) >= 11 is 0. The Bertz CT molecular complexity index is 857. The van der Waals surface area contributed by atoms with E-state index in [0.29, 0.717) is 24.2 Å². The van der Waals surface area contributed by atoms with Crippen molar-refractivity contribution >= 4 is 30.1 Å². The summed E-state index contributed by atoms with van der Waals surface area (Å²) in [6.45, 7) is 5.68. The average molecular weight is 362 g/mol. The maximum Gasteiger partial charge on any atom is 0.331 e. The third-order valence-electron chi connectivity index (χ3n) is 4.03. The van der Waals surface area contributed by atoms with E-state index in [0.717, 1.165) is 16.4 Å². The van der Waals surface area contributed by atoms with Crippen LogP contribution >= 0.6 is 0 Å². The Hall–Kier alpha value is -2.83. The van der Waals surface area contributed by atoms with Gasteiger partial charge in [0.2, 0.25) is 0 Å². The maximum atomic E-state index is 11.7. The van der Waals surface area contributed by atoms with Crippen LogP contribution in [0.2, 0.25) is 0 Å². The van der Waals surface area contributed by atoms with Crippen molar-refractivity contribution in [2.24, 2.45) is 0 Å². The van der Waals surface area contributed by atoms with Crippen molar-refractivity contribution in [1.29, 1.82) is 0 Å². The molecule has 26 heavy (non-hydrogen) atoms. The van der Waals surface area contributed by atoms with Gasteiger partial charge in [0.1, 0.15) is 17.8 Å². The van der Waals surface area contributed by atoms with Crippen LogP contribution in [0.15, 0.2) is 16.1 Å². The molecule has 0 amide bonds. The first-order valence-electron chi connectivity index (χ1n) is 8.35. The predicted molar refractivity (Wildman–Crippen MR) is 92.3 cm³/mol. The lowest BCUT2D eigenvalue weighted by Crippen LogP contribution is -2.21. The molecule has 1 aromatic rings. The average Bonchev–Trinajstić information content (AvgIpc) is 3.14. The molecule has 1 atom stereocenters. The number of carbonyl (C=O) groups excluding carboxylic acids is 2. The molecular formula is C19H22O7. The van der Waals surface area contributed by atoms with E-state index in [2.05, 4.69) is 0 Å². The number of aliphatic carboxylic acids is 1. The van der Waals surface area contributed by atoms with Crippen LogP contribution in [0.5, 0.6) is 0 Å². The molecule has 2 heterocycles. The first kappa shape index (κ1) is 19.5. The Labute approximate surface area is 150 Å². The highest BCUT2D eigenvalue weighted by Crippen LogP contribution is 2.19. The van der Waals surface area contributed by atoms with Crippen molar-refractivity contribution < 1.29 is 33.4 Å². The standard InChI is InChI=1S/C19H22O7/c1-4-15-14(6-5-13-9-18(23)24-10-13)11(2)19(26-15)12(3)25-17(22)8-7-16(20)21/h4,6,9,12H,5,7-8,10H2,1-3H3,(H,20,21)/b14-6-,15-4+. The van der Waals surface area contributed by atoms with Crippen LogP contribution < -0.4 is 10.6 Å². The number of ether oxygens (including phenoxy) is 2. The fourth-order valence-electron chi connectivity index (χ4n) is 2.71. The van der Waals surface area contributed by atoms with Gasteiger partial charge in [0.05, 0.1) is 12.8 Å². The smallest absolute Gasteiger partial charge is 0.331 e. The van der Waals surface area contributed by atoms with Crippen molar-refractivity contribution in [2.45, 2.75) is 46.1 Å². The number of hydrogen-bond acceptors (Lipinski definition) is 6. The van der Waals surface area contributed by atoms with E-state index in [1.165, 1.54) is 6.08 Å². The third-order valence-corrected chi connectivity index (χ3v) is 4.03. The zero-order valence-electron chi connectivity index (χ0n) is 15.0. The van der Waals surface area contributed by atoms with Crippen molar-refractivity contribution in [3.63, 3.8) is 0 Å². The van der Waals surface area contributed by atoms with Crippen LogP contribution in [0.3, 0.4) is 0 Å². The van der Waals surface area contributed by atoms with Gasteiger partial charge in [-0.1, -0.05) is 6.08 Å². The number of carboxylic acid groups (broad SMARTS) is 1. The van der Waals surface area contributed by atoms with E-state index in [9.17, 15) is 14.4 Å². The van der Waals surface area contributed by atoms with Crippen LogP contribution in [0.25, 0.3) is 12.2 Å². The van der Waals surface area contributed by atoms with Gasteiger partial charge in [0.15, 0.2) is 6.10 Å². The molecule has 0 spiro atoms. The lowest BCUT2D eigenvalue weighted by Gasteiger charge is -2.11. The van der Waals surface area contributed by atoms with E-state index >= 15 is 0 Å². The van der Waals surface area contributed by atoms with Crippen molar-refractivity contribution in [3.05, 3.63) is 33.6 Å². The molecule has 0 aliphatic carbocycles. The van der Waals surface area contributed by atoms with Gasteiger partial charge in [0, 0.05) is 16.9 Å². The van der Waals surface area contributed by atoms with Crippen molar-refractivity contribution in [2.75, 3.05) is 6.61 Å². The minimum Gasteiger partial charge on any atom is -0.481 e. The molecule has 2 rings (SSSR count). The van der Waals surface area contributed by atoms with Crippen LogP contribution in [0, 0.1) is 6.92 Å². The van der Waals surface area contributed by atoms with Gasteiger partial charge >= 0.3 is 17.9 Å². The van der Waals surface area contributed by atoms with Crippen LogP contribution in [0.4, 0.5) is 0 Å². The van der Waals surface area contributed by atoms with E-state index in [4.69, 9.17) is 19.0 Å². The highest BCUT2D eigenvalue weighted by atomic mass is 16.6. The Morgan fingerprint density at radius 2 is 2.12 bits per heavy atom. The molecule has 1 N–H and O–H groups in total. The first-order chi connectivity index (χ1) is 12.3. The zero-order chi connectivity index (χ0) is 19.3. The van der Waals surface area contributed by atoms with E-state index in [1.807, 2.05) is 26.0 Å². The zero-order valence-corrected chi connectivity index (χ0v) is 15.0. The fourth-order valence-corrected chi connectivity index (χ4v) is 2.71. The lowest BCUT2D eigenvalue weighted by molar-refractivity contribution is -0.152. The Morgan fingerprint density at radius 1 is 1.38 bits per heavy atom. The second-order valence-corrected chi connectivity index (χ2v) is 6.00. The number of carboxylic acids is 1. The summed E-state index contributed by atoms with van der Waals surface area (Å²) in [5.41, 5.74) is 2.37. The predicted octanol–water partition coefficient (Wildman–Crippen LogP) is 1.51. The maximum absolute atomic E-state index is 11.7. The number of furan rings is 1. The minimum atomic E-state index is -1.05. The third kappa shape index (κ3) is 4.84. The van der Waals surface area contributed by atoms with Crippen LogP contribution in [0.1, 0.15) is 50.5 Å². The second-order valence-electron chi connectivity index (χ2n) is 6.00. The molecule has 0 bridgehead atoms. The van der Waals surface area contributed by atoms with Gasteiger partial charge in [-0.3, -0.25) is 9.59 Å². The Kier molecular flexibility index (Phi) is 6.38. The molecule has 1 unspecified atom stereocenters. The van der Waals surface area contributed by atoms with Gasteiger partial charge in [-0.05, 0) is 38.8 Å². The summed E-state index contributed by atoms with van der Waals surface area (Å²) < 4.78 is 16.0. The fraction of sp³-hybridized carbons (Fsp3) is 0.421. The molecule has 0 radical (unpaired) electrons. The highest BCUT2D eigenvalue weighted by Gasteiger charge is 2.19. The summed E-state index contributed by atoms with van der Waals surface area (Å²) in [4.78, 5) is 33.4. The molecule has 0 saturated carbocycles. The summed E-state index contributed by atoms with van der Waals surface area (Å²) in [5, 5.41) is 9.50. The van der Waals surface area contributed by atoms with Crippen LogP contribution in [-0.4, -0.2) is 29.6 Å². The summed E-state index contributed by atoms with van der Waals surface area (Å²) in [7, 11) is 0. The normalized spacial score (nSPS) is 16.4. The number of cyclic esters (lactones) is 1. The highest BCUT2D eigenvalue weighted by molar-refractivity contribution is 5.85. The van der Waals surface area contributed by atoms with E-state index in [-0.39, 0.29) is 18.8 Å². The molecule has 0 aromatic carbocycles. The van der Waals surface area contributed by atoms with E-state index in [1.54, 1.807) is 6.92 Å². The second kappa shape index (κ2) is 8.51. The van der Waals surface area contributed by atoms with Gasteiger partial charge in [0.25, 0.3) is 0 Å². The monoisotopic (exact) mass is 362 g/mol. The van der Waals surface area contributed by atoms with Gasteiger partial charge in [-0.15, -0.1) is 0 Å². The van der Waals surface area contributed by atoms with Gasteiger partial charge < -0.3 is 19.0 Å². The van der Waals surface area contributed by atoms with Crippen molar-refractivity contribution in [1.82, 2.24) is 0 Å². The molecule has 1 aliphatic heterocycles. The molecular weight excluding hydrogens is 340 g/mol. The molecule has 140 valence electrons. The number of rotatable bonds is 7. The molecule has 0 saturated heterocycles. The van der Waals surface area contributed by atoms with Crippen LogP contribution in [-0.2, 0) is 23.9 Å². The molecule has 7 nitrogen and oxygen atoms in total. The van der Waals surface area contributed by atoms with Crippen molar-refractivity contribution in [3.8, 4) is 0 Å². The number of carbonyl (C=O) groups is 3. The summed E-state index contributed by atoms with van der Waals surface area (Å²) in [5.74, 6) is -1.45. The molecule has 1 aromatic heterocycles. The molecule has 7 heteroatoms. The Balaban J connectivity index is 2.19. The first-order valence-corrected chi connectivity index (χ1v) is 8.35. The quantitative estimate of drug-likeness (QED) is 0.733. The largest absolute Gasteiger partial charge is 0.481 e. The van der Waals surface area contributed by atoms with Gasteiger partial charge in [-0.2, -0.15) is 0 Å². The summed E-state index contributed by atoms with van der Waals surface area (Å²) in [6, 6.07) is 0. The lowest BCUT2D eigenvalue weighted by atomic mass is 10.1. The SMILES string of the molecule is C/C=c1/oc(C(C)OC(=O)CCC(=O)O)c(C)/c1=C/CC1=CC(=O)OC1. The molecule has 0 fully saturated rings. The van der Waals surface area contributed by atoms with Gasteiger partial charge in [-0.25, -0.2) is 4.79 Å². The number of esters is 2. The summed E-state index contributed by atoms with van der Waals surface area (Å²) in [6.07, 6.45) is 4.71.